The molecule has 0 aliphatic carbocycles. The molecule has 1 aromatic carbocycles. The third-order valence-electron chi connectivity index (χ3n) is 2.36. The second-order valence-corrected chi connectivity index (χ2v) is 3.65. The van der Waals surface area contributed by atoms with E-state index in [0.717, 1.165) is 17.7 Å². The van der Waals surface area contributed by atoms with Crippen molar-refractivity contribution in [1.29, 1.82) is 5.26 Å². The summed E-state index contributed by atoms with van der Waals surface area (Å²) in [5, 5.41) is 8.55. The van der Waals surface area contributed by atoms with Crippen LogP contribution in [0.25, 0.3) is 11.3 Å². The molecule has 4 heteroatoms. The predicted octanol–water partition coefficient (Wildman–Crippen LogP) is 3.21. The van der Waals surface area contributed by atoms with Crippen LogP contribution in [-0.4, -0.2) is 4.98 Å². The van der Waals surface area contributed by atoms with Crippen LogP contribution in [0.4, 0.5) is 8.78 Å². The number of hydrogen-bond donors (Lipinski definition) is 0. The van der Waals surface area contributed by atoms with E-state index in [9.17, 15) is 8.78 Å². The number of aromatic nitrogens is 1. The summed E-state index contributed by atoms with van der Waals surface area (Å²) in [7, 11) is 0. The standard InChI is InChI=1S/C13H8F2N2/c1-8-2-3-13(17-7-8)9-4-11(14)10(6-16)12(15)5-9/h2-5,7H,1H3. The van der Waals surface area contributed by atoms with Gasteiger partial charge in [-0.05, 0) is 30.7 Å². The van der Waals surface area contributed by atoms with Gasteiger partial charge in [-0.25, -0.2) is 8.78 Å². The molecule has 0 N–H and O–H groups in total. The van der Waals surface area contributed by atoms with Gasteiger partial charge < -0.3 is 0 Å². The Kier molecular flexibility index (Phi) is 2.84. The monoisotopic (exact) mass is 230 g/mol. The summed E-state index contributed by atoms with van der Waals surface area (Å²) in [6.45, 7) is 1.87. The number of aryl methyl sites for hydroxylation is 1. The zero-order valence-electron chi connectivity index (χ0n) is 9.04. The molecule has 0 radical (unpaired) electrons. The van der Waals surface area contributed by atoms with Crippen molar-refractivity contribution in [3.8, 4) is 17.3 Å². The largest absolute Gasteiger partial charge is 0.256 e. The highest BCUT2D eigenvalue weighted by molar-refractivity contribution is 5.60. The minimum atomic E-state index is -0.870. The van der Waals surface area contributed by atoms with E-state index in [1.54, 1.807) is 18.3 Å². The number of nitriles is 1. The van der Waals surface area contributed by atoms with E-state index in [4.69, 9.17) is 5.26 Å². The molecule has 1 aromatic heterocycles. The summed E-state index contributed by atoms with van der Waals surface area (Å²) in [6.07, 6.45) is 1.61. The van der Waals surface area contributed by atoms with Gasteiger partial charge in [0.15, 0.2) is 0 Å². The van der Waals surface area contributed by atoms with Gasteiger partial charge >= 0.3 is 0 Å². The first-order chi connectivity index (χ1) is 8.11. The summed E-state index contributed by atoms with van der Waals surface area (Å²) in [5.74, 6) is -1.74. The Balaban J connectivity index is 2.55. The number of nitrogens with zero attached hydrogens (tertiary/aromatic N) is 2. The quantitative estimate of drug-likeness (QED) is 0.754. The van der Waals surface area contributed by atoms with Crippen LogP contribution in [0.2, 0.25) is 0 Å². The highest BCUT2D eigenvalue weighted by atomic mass is 19.1. The smallest absolute Gasteiger partial charge is 0.144 e. The van der Waals surface area contributed by atoms with Crippen LogP contribution in [0.5, 0.6) is 0 Å². The molecule has 0 fully saturated rings. The van der Waals surface area contributed by atoms with Gasteiger partial charge in [0.05, 0.1) is 5.69 Å². The highest BCUT2D eigenvalue weighted by Crippen LogP contribution is 2.22. The van der Waals surface area contributed by atoms with Gasteiger partial charge in [-0.15, -0.1) is 0 Å². The van der Waals surface area contributed by atoms with Gasteiger partial charge in [-0.1, -0.05) is 6.07 Å². The van der Waals surface area contributed by atoms with Crippen molar-refractivity contribution in [2.75, 3.05) is 0 Å². The average Bonchev–Trinajstić information content (AvgIpc) is 2.29. The topological polar surface area (TPSA) is 36.7 Å². The van der Waals surface area contributed by atoms with Crippen LogP contribution < -0.4 is 0 Å². The number of pyridine rings is 1. The summed E-state index contributed by atoms with van der Waals surface area (Å²) in [6, 6.07) is 7.18. The Morgan fingerprint density at radius 1 is 1.18 bits per heavy atom. The second kappa shape index (κ2) is 4.30. The fraction of sp³-hybridized carbons (Fsp3) is 0.0769. The Bertz CT molecular complexity index is 575. The normalized spacial score (nSPS) is 10.0. The summed E-state index contributed by atoms with van der Waals surface area (Å²) in [5.41, 5.74) is 1.18. The van der Waals surface area contributed by atoms with Crippen molar-refractivity contribution < 1.29 is 8.78 Å². The van der Waals surface area contributed by atoms with Gasteiger partial charge in [0.1, 0.15) is 23.3 Å². The molecule has 0 aliphatic heterocycles. The lowest BCUT2D eigenvalue weighted by Gasteiger charge is -2.03. The zero-order valence-corrected chi connectivity index (χ0v) is 9.04. The fourth-order valence-corrected chi connectivity index (χ4v) is 1.47. The maximum atomic E-state index is 13.4. The van der Waals surface area contributed by atoms with Crippen molar-refractivity contribution >= 4 is 0 Å². The average molecular weight is 230 g/mol. The lowest BCUT2D eigenvalue weighted by atomic mass is 10.1. The van der Waals surface area contributed by atoms with Crippen molar-refractivity contribution in [2.45, 2.75) is 6.92 Å². The van der Waals surface area contributed by atoms with Crippen molar-refractivity contribution in [3.05, 3.63) is 53.2 Å². The first kappa shape index (κ1) is 11.2. The van der Waals surface area contributed by atoms with E-state index in [1.165, 1.54) is 6.07 Å². The van der Waals surface area contributed by atoms with E-state index in [0.29, 0.717) is 11.3 Å². The second-order valence-electron chi connectivity index (χ2n) is 3.65. The molecular formula is C13H8F2N2. The van der Waals surface area contributed by atoms with Gasteiger partial charge in [0, 0.05) is 11.8 Å². The van der Waals surface area contributed by atoms with Crippen molar-refractivity contribution in [2.24, 2.45) is 0 Å². The predicted molar refractivity (Wildman–Crippen MR) is 59.0 cm³/mol. The minimum Gasteiger partial charge on any atom is -0.256 e. The molecule has 1 heterocycles. The van der Waals surface area contributed by atoms with Crippen LogP contribution in [0.15, 0.2) is 30.5 Å². The molecule has 0 saturated carbocycles. The molecule has 0 unspecified atom stereocenters. The van der Waals surface area contributed by atoms with Gasteiger partial charge in [-0.3, -0.25) is 4.98 Å². The molecule has 0 atom stereocenters. The number of rotatable bonds is 1. The third kappa shape index (κ3) is 2.13. The lowest BCUT2D eigenvalue weighted by molar-refractivity contribution is 0.577. The zero-order chi connectivity index (χ0) is 12.4. The number of benzene rings is 1. The molecule has 0 spiro atoms. The maximum Gasteiger partial charge on any atom is 0.144 e. The fourth-order valence-electron chi connectivity index (χ4n) is 1.47. The molecule has 0 bridgehead atoms. The molecule has 84 valence electrons. The summed E-state index contributed by atoms with van der Waals surface area (Å²) >= 11 is 0. The van der Waals surface area contributed by atoms with Crippen molar-refractivity contribution in [1.82, 2.24) is 4.98 Å². The number of halogens is 2. The van der Waals surface area contributed by atoms with Gasteiger partial charge in [0.25, 0.3) is 0 Å². The van der Waals surface area contributed by atoms with E-state index in [1.807, 2.05) is 6.92 Å². The van der Waals surface area contributed by atoms with E-state index in [-0.39, 0.29) is 0 Å². The Hall–Kier alpha value is -2.28. The van der Waals surface area contributed by atoms with Gasteiger partial charge in [-0.2, -0.15) is 5.26 Å². The van der Waals surface area contributed by atoms with Crippen LogP contribution in [-0.2, 0) is 0 Å². The molecule has 2 aromatic rings. The summed E-state index contributed by atoms with van der Waals surface area (Å²) in [4.78, 5) is 4.07. The summed E-state index contributed by atoms with van der Waals surface area (Å²) < 4.78 is 26.8. The maximum absolute atomic E-state index is 13.4. The SMILES string of the molecule is Cc1ccc(-c2cc(F)c(C#N)c(F)c2)nc1. The molecule has 0 saturated heterocycles. The van der Waals surface area contributed by atoms with Crippen LogP contribution in [0.1, 0.15) is 11.1 Å². The lowest BCUT2D eigenvalue weighted by Crippen LogP contribution is -1.93. The minimum absolute atomic E-state index is 0.319. The first-order valence-electron chi connectivity index (χ1n) is 4.94. The van der Waals surface area contributed by atoms with Crippen LogP contribution in [0.3, 0.4) is 0 Å². The molecular weight excluding hydrogens is 222 g/mol. The van der Waals surface area contributed by atoms with Gasteiger partial charge in [0.2, 0.25) is 0 Å². The Labute approximate surface area is 97.2 Å². The molecule has 0 aliphatic rings. The number of hydrogen-bond acceptors (Lipinski definition) is 2. The highest BCUT2D eigenvalue weighted by Gasteiger charge is 2.11. The molecule has 2 nitrogen and oxygen atoms in total. The Morgan fingerprint density at radius 3 is 2.29 bits per heavy atom. The molecule has 17 heavy (non-hydrogen) atoms. The van der Waals surface area contributed by atoms with E-state index < -0.39 is 17.2 Å². The molecule has 0 amide bonds. The van der Waals surface area contributed by atoms with Crippen LogP contribution >= 0.6 is 0 Å². The van der Waals surface area contributed by atoms with E-state index in [2.05, 4.69) is 4.98 Å². The van der Waals surface area contributed by atoms with E-state index >= 15 is 0 Å². The van der Waals surface area contributed by atoms with Crippen molar-refractivity contribution in [3.63, 3.8) is 0 Å². The molecule has 2 rings (SSSR count). The Morgan fingerprint density at radius 2 is 1.82 bits per heavy atom. The third-order valence-corrected chi connectivity index (χ3v) is 2.36. The first-order valence-corrected chi connectivity index (χ1v) is 4.94. The van der Waals surface area contributed by atoms with Crippen LogP contribution in [0, 0.1) is 29.9 Å².